The average Bonchev–Trinajstić information content (AvgIpc) is 3.77. The molecule has 15 heteroatoms. The number of rotatable bonds is 8. The predicted molar refractivity (Wildman–Crippen MR) is 154 cm³/mol. The van der Waals surface area contributed by atoms with Gasteiger partial charge in [-0.3, -0.25) is 14.3 Å². The van der Waals surface area contributed by atoms with Gasteiger partial charge in [0.25, 0.3) is 5.91 Å². The Bertz CT molecular complexity index is 1540. The Morgan fingerprint density at radius 1 is 1.20 bits per heavy atom. The minimum absolute atomic E-state index is 0.0204. The number of imidazole rings is 1. The van der Waals surface area contributed by atoms with Gasteiger partial charge in [0.2, 0.25) is 11.8 Å². The summed E-state index contributed by atoms with van der Waals surface area (Å²) in [5.41, 5.74) is 2.44. The zero-order valence-corrected chi connectivity index (χ0v) is 25.0. The molecule has 0 spiro atoms. The van der Waals surface area contributed by atoms with Crippen molar-refractivity contribution < 1.29 is 31.5 Å². The molecule has 2 N–H and O–H groups in total. The summed E-state index contributed by atoms with van der Waals surface area (Å²) in [6.07, 6.45) is 0.111. The number of nitrogens with zero attached hydrogens (tertiary/aromatic N) is 6. The van der Waals surface area contributed by atoms with E-state index in [1.165, 1.54) is 10.7 Å². The lowest BCUT2D eigenvalue weighted by Gasteiger charge is -2.33. The van der Waals surface area contributed by atoms with Crippen LogP contribution in [0.1, 0.15) is 79.8 Å². The molecule has 6 rings (SSSR count). The molecule has 2 saturated heterocycles. The Morgan fingerprint density at radius 3 is 2.62 bits per heavy atom. The van der Waals surface area contributed by atoms with Crippen molar-refractivity contribution in [3.05, 3.63) is 41.6 Å². The van der Waals surface area contributed by atoms with Crippen molar-refractivity contribution in [2.75, 3.05) is 24.5 Å². The van der Waals surface area contributed by atoms with Gasteiger partial charge in [0, 0.05) is 63.6 Å². The fourth-order valence-corrected chi connectivity index (χ4v) is 6.88. The van der Waals surface area contributed by atoms with Gasteiger partial charge >= 0.3 is 6.18 Å². The van der Waals surface area contributed by atoms with E-state index in [2.05, 4.69) is 20.6 Å². The zero-order chi connectivity index (χ0) is 31.9. The van der Waals surface area contributed by atoms with E-state index in [4.69, 9.17) is 10.1 Å². The molecular weight excluding hydrogens is 599 g/mol. The maximum absolute atomic E-state index is 14.1. The van der Waals surface area contributed by atoms with Crippen LogP contribution in [-0.4, -0.2) is 67.9 Å². The number of piperidine rings is 1. The van der Waals surface area contributed by atoms with E-state index in [9.17, 15) is 31.5 Å². The summed E-state index contributed by atoms with van der Waals surface area (Å²) in [5, 5.41) is 14.4. The minimum atomic E-state index is -4.42. The molecule has 0 radical (unpaired) electrons. The smallest absolute Gasteiger partial charge is 0.370 e. The summed E-state index contributed by atoms with van der Waals surface area (Å²) in [6.45, 7) is 3.36. The third kappa shape index (κ3) is 6.62. The Labute approximate surface area is 256 Å². The van der Waals surface area contributed by atoms with Crippen LogP contribution in [0.5, 0.6) is 0 Å². The van der Waals surface area contributed by atoms with Gasteiger partial charge in [-0.2, -0.15) is 23.4 Å². The number of fused-ring (bicyclic) bond motifs is 1. The number of anilines is 1. The SMILES string of the molecule is CCn1nccc1C(=O)NC(c1cn2nc(CC3CC(C(F)(F)F)CNC3=O)c(N3CCCC3)cc2n1)C1CCC(F)(F)CC1. The highest BCUT2D eigenvalue weighted by atomic mass is 19.4. The molecule has 3 unspecified atom stereocenters. The number of halogens is 5. The Balaban J connectivity index is 1.35. The molecule has 1 saturated carbocycles. The number of aromatic nitrogens is 5. The molecule has 5 heterocycles. The Morgan fingerprint density at radius 2 is 1.93 bits per heavy atom. The largest absolute Gasteiger partial charge is 0.393 e. The van der Waals surface area contributed by atoms with Crippen molar-refractivity contribution in [3.8, 4) is 0 Å². The average molecular weight is 637 g/mol. The van der Waals surface area contributed by atoms with Crippen molar-refractivity contribution in [2.45, 2.75) is 83.0 Å². The lowest BCUT2D eigenvalue weighted by atomic mass is 9.81. The molecule has 0 aromatic carbocycles. The summed E-state index contributed by atoms with van der Waals surface area (Å²) < 4.78 is 71.9. The predicted octanol–water partition coefficient (Wildman–Crippen LogP) is 4.70. The first kappa shape index (κ1) is 31.2. The van der Waals surface area contributed by atoms with E-state index >= 15 is 0 Å². The van der Waals surface area contributed by atoms with Crippen LogP contribution in [0.4, 0.5) is 27.6 Å². The number of carbonyl (C=O) groups is 2. The number of carbonyl (C=O) groups excluding carboxylic acids is 2. The second-order valence-corrected chi connectivity index (χ2v) is 12.4. The van der Waals surface area contributed by atoms with Crippen LogP contribution in [-0.2, 0) is 17.8 Å². The van der Waals surface area contributed by atoms with E-state index < -0.39 is 48.3 Å². The quantitative estimate of drug-likeness (QED) is 0.347. The molecule has 0 bridgehead atoms. The number of hydrogen-bond acceptors (Lipinski definition) is 6. The number of aryl methyl sites for hydroxylation is 1. The molecule has 2 aliphatic heterocycles. The van der Waals surface area contributed by atoms with Gasteiger partial charge < -0.3 is 15.5 Å². The van der Waals surface area contributed by atoms with Crippen molar-refractivity contribution in [1.29, 1.82) is 0 Å². The van der Waals surface area contributed by atoms with E-state index in [0.29, 0.717) is 35.0 Å². The van der Waals surface area contributed by atoms with Crippen LogP contribution >= 0.6 is 0 Å². The van der Waals surface area contributed by atoms with Crippen LogP contribution in [0.2, 0.25) is 0 Å². The summed E-state index contributed by atoms with van der Waals surface area (Å²) >= 11 is 0. The Hall–Kier alpha value is -3.78. The van der Waals surface area contributed by atoms with Crippen LogP contribution in [0.3, 0.4) is 0 Å². The maximum Gasteiger partial charge on any atom is 0.393 e. The fourth-order valence-electron chi connectivity index (χ4n) is 6.88. The maximum atomic E-state index is 14.1. The molecule has 244 valence electrons. The molecule has 3 aliphatic rings. The highest BCUT2D eigenvalue weighted by Gasteiger charge is 2.45. The number of amides is 2. The van der Waals surface area contributed by atoms with Crippen LogP contribution in [0.25, 0.3) is 5.65 Å². The van der Waals surface area contributed by atoms with E-state index in [0.717, 1.165) is 25.9 Å². The van der Waals surface area contributed by atoms with Crippen LogP contribution < -0.4 is 15.5 Å². The lowest BCUT2D eigenvalue weighted by molar-refractivity contribution is -0.183. The van der Waals surface area contributed by atoms with Gasteiger partial charge in [0.05, 0.1) is 35.2 Å². The first-order valence-corrected chi connectivity index (χ1v) is 15.6. The molecule has 45 heavy (non-hydrogen) atoms. The van der Waals surface area contributed by atoms with Crippen molar-refractivity contribution >= 4 is 23.1 Å². The van der Waals surface area contributed by atoms with E-state index in [-0.39, 0.29) is 44.4 Å². The standard InChI is InChI=1S/C30H37F5N8O2/c1-2-42-23(7-10-37-42)28(45)39-26(18-5-8-29(31,32)9-6-18)22-17-43-25(38-22)15-24(41-11-3-4-12-41)21(40-43)14-19-13-20(30(33,34)35)16-36-27(19)44/h7,10,15,17-20,26H,2-6,8-9,11-14,16H2,1H3,(H,36,44)(H,39,45). The molecule has 2 amide bonds. The van der Waals surface area contributed by atoms with Crippen LogP contribution in [0, 0.1) is 17.8 Å². The van der Waals surface area contributed by atoms with E-state index in [1.54, 1.807) is 16.9 Å². The second kappa shape index (κ2) is 12.2. The number of alkyl halides is 5. The number of hydrogen-bond donors (Lipinski definition) is 2. The third-order valence-electron chi connectivity index (χ3n) is 9.42. The molecule has 3 fully saturated rings. The molecule has 3 aromatic rings. The van der Waals surface area contributed by atoms with Crippen LogP contribution in [0.15, 0.2) is 24.5 Å². The summed E-state index contributed by atoms with van der Waals surface area (Å²) in [5.74, 6) is -6.43. The fraction of sp³-hybridized carbons (Fsp3) is 0.633. The highest BCUT2D eigenvalue weighted by Crippen LogP contribution is 2.42. The van der Waals surface area contributed by atoms with Gasteiger partial charge in [-0.1, -0.05) is 0 Å². The molecule has 1 aliphatic carbocycles. The monoisotopic (exact) mass is 636 g/mol. The minimum Gasteiger partial charge on any atom is -0.370 e. The van der Waals surface area contributed by atoms with Crippen molar-refractivity contribution in [2.24, 2.45) is 17.8 Å². The second-order valence-electron chi connectivity index (χ2n) is 12.4. The molecule has 10 nitrogen and oxygen atoms in total. The normalized spacial score (nSPS) is 23.3. The molecular formula is C30H37F5N8O2. The lowest BCUT2D eigenvalue weighted by Crippen LogP contribution is -2.47. The summed E-state index contributed by atoms with van der Waals surface area (Å²) in [6, 6.07) is 2.72. The van der Waals surface area contributed by atoms with Gasteiger partial charge in [0.1, 0.15) is 5.69 Å². The van der Waals surface area contributed by atoms with Gasteiger partial charge in [-0.25, -0.2) is 18.3 Å². The van der Waals surface area contributed by atoms with Gasteiger partial charge in [0.15, 0.2) is 5.65 Å². The van der Waals surface area contributed by atoms with Gasteiger partial charge in [-0.05, 0) is 51.0 Å². The highest BCUT2D eigenvalue weighted by molar-refractivity contribution is 5.92. The van der Waals surface area contributed by atoms with Crippen molar-refractivity contribution in [1.82, 2.24) is 35.0 Å². The molecule has 3 atom stereocenters. The Kier molecular flexibility index (Phi) is 8.46. The third-order valence-corrected chi connectivity index (χ3v) is 9.42. The molecule has 3 aromatic heterocycles. The topological polar surface area (TPSA) is 109 Å². The summed E-state index contributed by atoms with van der Waals surface area (Å²) in [4.78, 5) is 33.0. The summed E-state index contributed by atoms with van der Waals surface area (Å²) in [7, 11) is 0. The van der Waals surface area contributed by atoms with Crippen molar-refractivity contribution in [3.63, 3.8) is 0 Å². The first-order valence-electron chi connectivity index (χ1n) is 15.6. The van der Waals surface area contributed by atoms with E-state index in [1.807, 2.05) is 13.0 Å². The van der Waals surface area contributed by atoms with Gasteiger partial charge in [-0.15, -0.1) is 0 Å². The first-order chi connectivity index (χ1) is 21.4. The zero-order valence-electron chi connectivity index (χ0n) is 25.0. The number of nitrogens with one attached hydrogen (secondary N) is 2.